The van der Waals surface area contributed by atoms with Crippen LogP contribution in [0.3, 0.4) is 0 Å². The van der Waals surface area contributed by atoms with Crippen LogP contribution in [0.5, 0.6) is 5.75 Å². The molecular formula is C17H29BrN2O. The minimum absolute atomic E-state index is 0.173. The number of halogens is 1. The lowest BCUT2D eigenvalue weighted by Gasteiger charge is -2.28. The number of nitrogens with two attached hydrogens (primary N) is 1. The molecule has 0 heterocycles. The Bertz CT molecular complexity index is 427. The molecule has 0 saturated carbocycles. The van der Waals surface area contributed by atoms with Gasteiger partial charge in [0.25, 0.3) is 0 Å². The Morgan fingerprint density at radius 1 is 1.19 bits per heavy atom. The van der Waals surface area contributed by atoms with E-state index >= 15 is 0 Å². The Morgan fingerprint density at radius 2 is 1.81 bits per heavy atom. The molecule has 1 rings (SSSR count). The van der Waals surface area contributed by atoms with Gasteiger partial charge < -0.3 is 15.8 Å². The van der Waals surface area contributed by atoms with Crippen LogP contribution >= 0.6 is 15.9 Å². The van der Waals surface area contributed by atoms with E-state index < -0.39 is 0 Å². The van der Waals surface area contributed by atoms with E-state index in [0.717, 1.165) is 16.8 Å². The van der Waals surface area contributed by atoms with Crippen molar-refractivity contribution in [3.63, 3.8) is 0 Å². The largest absolute Gasteiger partial charge is 0.496 e. The zero-order valence-electron chi connectivity index (χ0n) is 13.8. The van der Waals surface area contributed by atoms with E-state index in [0.29, 0.717) is 24.3 Å². The molecule has 0 bridgehead atoms. The van der Waals surface area contributed by atoms with Gasteiger partial charge in [0, 0.05) is 12.6 Å². The first-order chi connectivity index (χ1) is 9.90. The third kappa shape index (κ3) is 5.28. The van der Waals surface area contributed by atoms with Gasteiger partial charge in [0.05, 0.1) is 11.6 Å². The van der Waals surface area contributed by atoms with Crippen LogP contribution < -0.4 is 15.8 Å². The van der Waals surface area contributed by atoms with Crippen LogP contribution in [0.15, 0.2) is 22.7 Å². The van der Waals surface area contributed by atoms with Gasteiger partial charge in [0.1, 0.15) is 5.75 Å². The van der Waals surface area contributed by atoms with E-state index in [2.05, 4.69) is 61.1 Å². The first-order valence-corrected chi connectivity index (χ1v) is 8.46. The number of benzene rings is 1. The van der Waals surface area contributed by atoms with Crippen molar-refractivity contribution >= 4 is 15.9 Å². The fraction of sp³-hybridized carbons (Fsp3) is 0.647. The Labute approximate surface area is 137 Å². The van der Waals surface area contributed by atoms with E-state index in [-0.39, 0.29) is 6.04 Å². The Balaban J connectivity index is 2.77. The molecule has 3 N–H and O–H groups in total. The second kappa shape index (κ2) is 8.76. The molecule has 0 fully saturated rings. The molecule has 1 atom stereocenters. The maximum atomic E-state index is 5.95. The first-order valence-electron chi connectivity index (χ1n) is 7.67. The summed E-state index contributed by atoms with van der Waals surface area (Å²) in [4.78, 5) is 0. The van der Waals surface area contributed by atoms with Gasteiger partial charge in [0.15, 0.2) is 0 Å². The molecule has 0 spiro atoms. The van der Waals surface area contributed by atoms with E-state index in [4.69, 9.17) is 10.5 Å². The quantitative estimate of drug-likeness (QED) is 0.740. The average Bonchev–Trinajstić information content (AvgIpc) is 2.42. The predicted octanol–water partition coefficient (Wildman–Crippen LogP) is 3.98. The van der Waals surface area contributed by atoms with Crippen LogP contribution in [0.2, 0.25) is 0 Å². The van der Waals surface area contributed by atoms with Crippen LogP contribution in [0.25, 0.3) is 0 Å². The second-order valence-corrected chi connectivity index (χ2v) is 7.10. The van der Waals surface area contributed by atoms with Crippen molar-refractivity contribution in [2.75, 3.05) is 20.2 Å². The molecule has 1 unspecified atom stereocenters. The van der Waals surface area contributed by atoms with Crippen molar-refractivity contribution in [2.24, 2.45) is 23.5 Å². The number of hydrogen-bond donors (Lipinski definition) is 2. The average molecular weight is 357 g/mol. The highest BCUT2D eigenvalue weighted by atomic mass is 79.9. The SMILES string of the molecule is COc1ccc(C(CN)NCC(C(C)C)C(C)C)cc1Br. The summed E-state index contributed by atoms with van der Waals surface area (Å²) < 4.78 is 6.24. The van der Waals surface area contributed by atoms with E-state index in [9.17, 15) is 0 Å². The molecule has 3 nitrogen and oxygen atoms in total. The van der Waals surface area contributed by atoms with Gasteiger partial charge in [-0.05, 0) is 57.9 Å². The lowest BCUT2D eigenvalue weighted by Crippen LogP contribution is -2.35. The van der Waals surface area contributed by atoms with Crippen molar-refractivity contribution in [3.8, 4) is 5.75 Å². The molecule has 0 amide bonds. The van der Waals surface area contributed by atoms with Crippen LogP contribution in [0.4, 0.5) is 0 Å². The number of methoxy groups -OCH3 is 1. The summed E-state index contributed by atoms with van der Waals surface area (Å²) in [7, 11) is 1.67. The summed E-state index contributed by atoms with van der Waals surface area (Å²) in [6, 6.07) is 6.32. The summed E-state index contributed by atoms with van der Waals surface area (Å²) in [5.74, 6) is 2.83. The molecule has 0 aromatic heterocycles. The van der Waals surface area contributed by atoms with Crippen molar-refractivity contribution in [3.05, 3.63) is 28.2 Å². The van der Waals surface area contributed by atoms with Gasteiger partial charge in [-0.25, -0.2) is 0 Å². The topological polar surface area (TPSA) is 47.3 Å². The zero-order chi connectivity index (χ0) is 16.0. The Morgan fingerprint density at radius 3 is 2.24 bits per heavy atom. The van der Waals surface area contributed by atoms with Gasteiger partial charge in [-0.1, -0.05) is 33.8 Å². The molecule has 0 radical (unpaired) electrons. The fourth-order valence-electron chi connectivity index (χ4n) is 2.76. The van der Waals surface area contributed by atoms with Crippen LogP contribution in [-0.2, 0) is 0 Å². The lowest BCUT2D eigenvalue weighted by molar-refractivity contribution is 0.266. The summed E-state index contributed by atoms with van der Waals surface area (Å²) in [6.07, 6.45) is 0. The van der Waals surface area contributed by atoms with Crippen LogP contribution in [-0.4, -0.2) is 20.2 Å². The summed E-state index contributed by atoms with van der Waals surface area (Å²) in [5.41, 5.74) is 7.15. The molecule has 1 aromatic carbocycles. The Hall–Kier alpha value is -0.580. The van der Waals surface area contributed by atoms with Crippen molar-refractivity contribution in [1.82, 2.24) is 5.32 Å². The molecule has 1 aromatic rings. The second-order valence-electron chi connectivity index (χ2n) is 6.24. The highest BCUT2D eigenvalue weighted by Crippen LogP contribution is 2.28. The molecule has 4 heteroatoms. The summed E-state index contributed by atoms with van der Waals surface area (Å²) in [6.45, 7) is 10.7. The van der Waals surface area contributed by atoms with Gasteiger partial charge in [-0.3, -0.25) is 0 Å². The van der Waals surface area contributed by atoms with Crippen LogP contribution in [0, 0.1) is 17.8 Å². The normalized spacial score (nSPS) is 13.2. The maximum absolute atomic E-state index is 5.95. The lowest BCUT2D eigenvalue weighted by atomic mass is 9.85. The van der Waals surface area contributed by atoms with Gasteiger partial charge >= 0.3 is 0 Å². The number of ether oxygens (including phenoxy) is 1. The highest BCUT2D eigenvalue weighted by molar-refractivity contribution is 9.10. The number of rotatable bonds is 8. The van der Waals surface area contributed by atoms with Gasteiger partial charge in [0.2, 0.25) is 0 Å². The fourth-order valence-corrected chi connectivity index (χ4v) is 3.31. The summed E-state index contributed by atoms with van der Waals surface area (Å²) >= 11 is 3.54. The maximum Gasteiger partial charge on any atom is 0.133 e. The molecule has 0 aliphatic rings. The van der Waals surface area contributed by atoms with Gasteiger partial charge in [-0.2, -0.15) is 0 Å². The smallest absolute Gasteiger partial charge is 0.133 e. The van der Waals surface area contributed by atoms with Crippen LogP contribution in [0.1, 0.15) is 39.3 Å². The summed E-state index contributed by atoms with van der Waals surface area (Å²) in [5, 5.41) is 3.63. The molecule has 21 heavy (non-hydrogen) atoms. The van der Waals surface area contributed by atoms with Crippen molar-refractivity contribution in [1.29, 1.82) is 0 Å². The molecule has 0 aliphatic heterocycles. The molecule has 0 aliphatic carbocycles. The van der Waals surface area contributed by atoms with E-state index in [1.165, 1.54) is 5.56 Å². The minimum Gasteiger partial charge on any atom is -0.496 e. The van der Waals surface area contributed by atoms with Gasteiger partial charge in [-0.15, -0.1) is 0 Å². The third-order valence-electron chi connectivity index (χ3n) is 4.13. The predicted molar refractivity (Wildman–Crippen MR) is 93.7 cm³/mol. The highest BCUT2D eigenvalue weighted by Gasteiger charge is 2.19. The zero-order valence-corrected chi connectivity index (χ0v) is 15.4. The monoisotopic (exact) mass is 356 g/mol. The van der Waals surface area contributed by atoms with E-state index in [1.807, 2.05) is 6.07 Å². The number of nitrogens with one attached hydrogen (secondary N) is 1. The Kier molecular flexibility index (Phi) is 7.71. The van der Waals surface area contributed by atoms with Crippen molar-refractivity contribution < 1.29 is 4.74 Å². The number of hydrogen-bond acceptors (Lipinski definition) is 3. The molecule has 0 saturated heterocycles. The van der Waals surface area contributed by atoms with E-state index in [1.54, 1.807) is 7.11 Å². The molecular weight excluding hydrogens is 328 g/mol. The molecule has 120 valence electrons. The third-order valence-corrected chi connectivity index (χ3v) is 4.75. The first kappa shape index (κ1) is 18.5. The standard InChI is InChI=1S/C17H29BrN2O/c1-11(2)14(12(3)4)10-20-16(9-19)13-6-7-17(21-5)15(18)8-13/h6-8,11-12,14,16,20H,9-10,19H2,1-5H3. The van der Waals surface area contributed by atoms with Crippen molar-refractivity contribution in [2.45, 2.75) is 33.7 Å². The minimum atomic E-state index is 0.173.